The first-order valence-corrected chi connectivity index (χ1v) is 7.89. The number of ether oxygens (including phenoxy) is 1. The molecule has 2 rings (SSSR count). The van der Waals surface area contributed by atoms with Crippen molar-refractivity contribution in [1.29, 1.82) is 0 Å². The fraction of sp³-hybridized carbons (Fsp3) is 0.467. The number of carbonyl (C=O) groups excluding carboxylic acids is 1. The van der Waals surface area contributed by atoms with Crippen LogP contribution in [0.4, 0.5) is 0 Å². The van der Waals surface area contributed by atoms with Crippen LogP contribution >= 0.6 is 23.2 Å². The minimum absolute atomic E-state index is 0.195. The molecule has 2 aromatic heterocycles. The summed E-state index contributed by atoms with van der Waals surface area (Å²) < 4.78 is 7.06. The minimum atomic E-state index is -0.201. The molecule has 2 aromatic rings. The van der Waals surface area contributed by atoms with Crippen molar-refractivity contribution in [2.24, 2.45) is 0 Å². The molecule has 0 radical (unpaired) electrons. The smallest absolute Gasteiger partial charge is 0.270 e. The van der Waals surface area contributed by atoms with Crippen LogP contribution in [0.2, 0.25) is 10.0 Å². The fourth-order valence-corrected chi connectivity index (χ4v) is 2.65. The highest BCUT2D eigenvalue weighted by atomic mass is 35.5. The van der Waals surface area contributed by atoms with E-state index in [-0.39, 0.29) is 12.0 Å². The molecule has 2 heterocycles. The summed E-state index contributed by atoms with van der Waals surface area (Å²) in [7, 11) is 0. The molecule has 22 heavy (non-hydrogen) atoms. The van der Waals surface area contributed by atoms with Gasteiger partial charge in [-0.25, -0.2) is 4.98 Å². The summed E-state index contributed by atoms with van der Waals surface area (Å²) in [6, 6.07) is 1.61. The first kappa shape index (κ1) is 17.1. The number of hydrogen-bond donors (Lipinski definition) is 1. The van der Waals surface area contributed by atoms with E-state index < -0.39 is 0 Å². The lowest BCUT2D eigenvalue weighted by Gasteiger charge is -2.09. The highest BCUT2D eigenvalue weighted by molar-refractivity contribution is 6.36. The van der Waals surface area contributed by atoms with Gasteiger partial charge in [0.2, 0.25) is 0 Å². The molecule has 0 atom stereocenters. The van der Waals surface area contributed by atoms with E-state index in [1.165, 1.54) is 0 Å². The van der Waals surface area contributed by atoms with Crippen LogP contribution < -0.4 is 5.32 Å². The van der Waals surface area contributed by atoms with Gasteiger partial charge in [0.15, 0.2) is 5.65 Å². The quantitative estimate of drug-likeness (QED) is 0.816. The summed E-state index contributed by atoms with van der Waals surface area (Å²) in [5.74, 6) is -0.201. The number of amides is 1. The second-order valence-electron chi connectivity index (χ2n) is 5.27. The van der Waals surface area contributed by atoms with Gasteiger partial charge in [-0.15, -0.1) is 0 Å². The Morgan fingerprint density at radius 1 is 1.45 bits per heavy atom. The first-order chi connectivity index (χ1) is 10.4. The Labute approximate surface area is 139 Å². The topological polar surface area (TPSA) is 55.6 Å². The van der Waals surface area contributed by atoms with Crippen molar-refractivity contribution < 1.29 is 9.53 Å². The second kappa shape index (κ2) is 7.31. The Balaban J connectivity index is 2.10. The van der Waals surface area contributed by atoms with Gasteiger partial charge in [-0.3, -0.25) is 9.20 Å². The average molecular weight is 344 g/mol. The SMILES string of the molecule is Cc1nc2c(Cl)cc(Cl)cn2c1C(=O)NCCCOC(C)C. The predicted molar refractivity (Wildman–Crippen MR) is 88.0 cm³/mol. The van der Waals surface area contributed by atoms with Crippen molar-refractivity contribution in [3.05, 3.63) is 33.7 Å². The van der Waals surface area contributed by atoms with Crippen LogP contribution in [0, 0.1) is 6.92 Å². The molecule has 0 saturated heterocycles. The molecule has 7 heteroatoms. The molecule has 0 aromatic carbocycles. The molecule has 0 aliphatic heterocycles. The highest BCUT2D eigenvalue weighted by Gasteiger charge is 2.18. The summed E-state index contributed by atoms with van der Waals surface area (Å²) in [6.07, 6.45) is 2.59. The molecule has 120 valence electrons. The number of nitrogens with one attached hydrogen (secondary N) is 1. The zero-order valence-electron chi connectivity index (χ0n) is 12.8. The Morgan fingerprint density at radius 3 is 2.86 bits per heavy atom. The second-order valence-corrected chi connectivity index (χ2v) is 6.12. The normalized spacial score (nSPS) is 11.4. The van der Waals surface area contributed by atoms with Gasteiger partial charge in [-0.1, -0.05) is 23.2 Å². The molecule has 0 unspecified atom stereocenters. The van der Waals surface area contributed by atoms with Crippen LogP contribution in [0.3, 0.4) is 0 Å². The molecule has 0 bridgehead atoms. The standard InChI is InChI=1S/C15H19Cl2N3O2/c1-9(2)22-6-4-5-18-15(21)13-10(3)19-14-12(17)7-11(16)8-20(13)14/h7-9H,4-6H2,1-3H3,(H,18,21). The maximum atomic E-state index is 12.4. The molecule has 0 fully saturated rings. The summed E-state index contributed by atoms with van der Waals surface area (Å²) in [5, 5.41) is 3.73. The van der Waals surface area contributed by atoms with Gasteiger partial charge in [0.1, 0.15) is 5.69 Å². The third-order valence-corrected chi connectivity index (χ3v) is 3.57. The predicted octanol–water partition coefficient (Wildman–Crippen LogP) is 3.49. The molecule has 0 aliphatic rings. The van der Waals surface area contributed by atoms with Crippen LogP contribution in [-0.4, -0.2) is 34.5 Å². The lowest BCUT2D eigenvalue weighted by Crippen LogP contribution is -2.27. The van der Waals surface area contributed by atoms with Crippen molar-refractivity contribution >= 4 is 34.8 Å². The van der Waals surface area contributed by atoms with E-state index >= 15 is 0 Å². The number of carbonyl (C=O) groups is 1. The maximum Gasteiger partial charge on any atom is 0.270 e. The van der Waals surface area contributed by atoms with E-state index in [9.17, 15) is 4.79 Å². The van der Waals surface area contributed by atoms with E-state index in [0.717, 1.165) is 6.42 Å². The largest absolute Gasteiger partial charge is 0.379 e. The number of pyridine rings is 1. The number of imidazole rings is 1. The lowest BCUT2D eigenvalue weighted by atomic mass is 10.3. The summed E-state index contributed by atoms with van der Waals surface area (Å²) in [6.45, 7) is 6.88. The van der Waals surface area contributed by atoms with Crippen molar-refractivity contribution in [1.82, 2.24) is 14.7 Å². The van der Waals surface area contributed by atoms with Gasteiger partial charge in [0, 0.05) is 19.3 Å². The van der Waals surface area contributed by atoms with Crippen LogP contribution in [0.25, 0.3) is 5.65 Å². The third-order valence-electron chi connectivity index (χ3n) is 3.09. The maximum absolute atomic E-state index is 12.4. The van der Waals surface area contributed by atoms with Crippen molar-refractivity contribution in [2.45, 2.75) is 33.3 Å². The molecule has 5 nitrogen and oxygen atoms in total. The number of nitrogens with zero attached hydrogens (tertiary/aromatic N) is 2. The van der Waals surface area contributed by atoms with Crippen molar-refractivity contribution in [3.8, 4) is 0 Å². The average Bonchev–Trinajstić information content (AvgIpc) is 2.74. The third kappa shape index (κ3) is 3.91. The zero-order valence-corrected chi connectivity index (χ0v) is 14.3. The zero-order chi connectivity index (χ0) is 16.3. The van der Waals surface area contributed by atoms with E-state index in [1.54, 1.807) is 23.6 Å². The lowest BCUT2D eigenvalue weighted by molar-refractivity contribution is 0.0756. The molecule has 0 aliphatic carbocycles. The number of hydrogen-bond acceptors (Lipinski definition) is 3. The molecule has 0 spiro atoms. The Bertz CT molecular complexity index is 683. The molecular weight excluding hydrogens is 325 g/mol. The van der Waals surface area contributed by atoms with Gasteiger partial charge in [-0.05, 0) is 33.3 Å². The molecular formula is C15H19Cl2N3O2. The molecule has 1 amide bonds. The van der Waals surface area contributed by atoms with Crippen molar-refractivity contribution in [3.63, 3.8) is 0 Å². The number of fused-ring (bicyclic) bond motifs is 1. The summed E-state index contributed by atoms with van der Waals surface area (Å²) in [4.78, 5) is 16.7. The van der Waals surface area contributed by atoms with Crippen molar-refractivity contribution in [2.75, 3.05) is 13.2 Å². The van der Waals surface area contributed by atoms with E-state index in [1.807, 2.05) is 13.8 Å². The summed E-state index contributed by atoms with van der Waals surface area (Å²) >= 11 is 12.1. The van der Waals surface area contributed by atoms with Crippen LogP contribution in [-0.2, 0) is 4.74 Å². The molecule has 0 saturated carbocycles. The van der Waals surface area contributed by atoms with Crippen LogP contribution in [0.15, 0.2) is 12.3 Å². The number of aryl methyl sites for hydroxylation is 1. The van der Waals surface area contributed by atoms with Gasteiger partial charge >= 0.3 is 0 Å². The van der Waals surface area contributed by atoms with Gasteiger partial charge in [0.25, 0.3) is 5.91 Å². The van der Waals surface area contributed by atoms with Crippen LogP contribution in [0.1, 0.15) is 36.5 Å². The number of rotatable bonds is 6. The highest BCUT2D eigenvalue weighted by Crippen LogP contribution is 2.24. The number of halogens is 2. The summed E-state index contributed by atoms with van der Waals surface area (Å²) in [5.41, 5.74) is 1.58. The number of aromatic nitrogens is 2. The Kier molecular flexibility index (Phi) is 5.67. The molecule has 1 N–H and O–H groups in total. The monoisotopic (exact) mass is 343 g/mol. The first-order valence-electron chi connectivity index (χ1n) is 7.13. The van der Waals surface area contributed by atoms with Gasteiger partial charge in [0.05, 0.1) is 21.8 Å². The minimum Gasteiger partial charge on any atom is -0.379 e. The van der Waals surface area contributed by atoms with E-state index in [2.05, 4.69) is 10.3 Å². The Hall–Kier alpha value is -1.30. The van der Waals surface area contributed by atoms with E-state index in [0.29, 0.717) is 40.2 Å². The van der Waals surface area contributed by atoms with E-state index in [4.69, 9.17) is 27.9 Å². The van der Waals surface area contributed by atoms with Gasteiger partial charge < -0.3 is 10.1 Å². The Morgan fingerprint density at radius 2 is 2.18 bits per heavy atom. The van der Waals surface area contributed by atoms with Crippen LogP contribution in [0.5, 0.6) is 0 Å². The fourth-order valence-electron chi connectivity index (χ4n) is 2.14. The van der Waals surface area contributed by atoms with Gasteiger partial charge in [-0.2, -0.15) is 0 Å².